The van der Waals surface area contributed by atoms with Gasteiger partial charge in [0.05, 0.1) is 6.10 Å². The van der Waals surface area contributed by atoms with Crippen LogP contribution in [0.2, 0.25) is 0 Å². The van der Waals surface area contributed by atoms with Crippen molar-refractivity contribution in [2.75, 3.05) is 20.2 Å². The van der Waals surface area contributed by atoms with Crippen molar-refractivity contribution in [3.05, 3.63) is 71.8 Å². The lowest BCUT2D eigenvalue weighted by atomic mass is 10.0. The quantitative estimate of drug-likeness (QED) is 0.325. The van der Waals surface area contributed by atoms with Gasteiger partial charge in [0.25, 0.3) is 0 Å². The molecule has 0 bridgehead atoms. The zero-order valence-electron chi connectivity index (χ0n) is 22.0. The van der Waals surface area contributed by atoms with Crippen molar-refractivity contribution >= 4 is 12.1 Å². The van der Waals surface area contributed by atoms with E-state index in [-0.39, 0.29) is 12.0 Å². The van der Waals surface area contributed by atoms with Crippen LogP contribution in [0.15, 0.2) is 60.7 Å². The Morgan fingerprint density at radius 3 is 2.22 bits per heavy atom. The number of benzene rings is 2. The molecule has 1 unspecified atom stereocenters. The highest BCUT2D eigenvalue weighted by Crippen LogP contribution is 2.20. The van der Waals surface area contributed by atoms with Gasteiger partial charge < -0.3 is 19.2 Å². The standard InChI is InChI=1S/C29H40N2O5/c1-29(2,3)35-28(33)36-31(19-18-25-17-11-12-20-34-25)26(21-23-13-7-5-8-14-23)27(32)30(4)22-24-15-9-6-10-16-24/h5-10,13-16,25-26H,11-12,17-22H2,1-4H3/t25?,26-/m0/s1. The lowest BCUT2D eigenvalue weighted by Gasteiger charge is -2.34. The first-order valence-corrected chi connectivity index (χ1v) is 12.8. The van der Waals surface area contributed by atoms with Gasteiger partial charge in [-0.1, -0.05) is 60.7 Å². The van der Waals surface area contributed by atoms with Crippen molar-refractivity contribution in [2.24, 2.45) is 0 Å². The van der Waals surface area contributed by atoms with E-state index in [4.69, 9.17) is 14.3 Å². The molecule has 1 saturated heterocycles. The Labute approximate surface area is 215 Å². The average molecular weight is 497 g/mol. The van der Waals surface area contributed by atoms with Crippen LogP contribution in [-0.2, 0) is 32.1 Å². The maximum Gasteiger partial charge on any atom is 0.528 e. The van der Waals surface area contributed by atoms with E-state index in [1.165, 1.54) is 5.06 Å². The summed E-state index contributed by atoms with van der Waals surface area (Å²) in [6.07, 6.45) is 3.46. The lowest BCUT2D eigenvalue weighted by Crippen LogP contribution is -2.50. The Bertz CT molecular complexity index is 939. The summed E-state index contributed by atoms with van der Waals surface area (Å²) in [5.74, 6) is -0.129. The number of hydroxylamine groups is 2. The molecule has 1 amide bonds. The fraction of sp³-hybridized carbons (Fsp3) is 0.517. The van der Waals surface area contributed by atoms with E-state index in [0.29, 0.717) is 25.9 Å². The van der Waals surface area contributed by atoms with Crippen molar-refractivity contribution in [3.8, 4) is 0 Å². The van der Waals surface area contributed by atoms with Crippen molar-refractivity contribution in [2.45, 2.75) is 77.2 Å². The summed E-state index contributed by atoms with van der Waals surface area (Å²) in [7, 11) is 1.78. The highest BCUT2D eigenvalue weighted by atomic mass is 16.8. The van der Waals surface area contributed by atoms with Gasteiger partial charge in [-0.25, -0.2) is 4.79 Å². The first-order valence-electron chi connectivity index (χ1n) is 12.8. The molecule has 0 aromatic heterocycles. The molecule has 0 N–H and O–H groups in total. The van der Waals surface area contributed by atoms with E-state index in [0.717, 1.165) is 37.0 Å². The number of carbonyl (C=O) groups excluding carboxylic acids is 2. The highest BCUT2D eigenvalue weighted by Gasteiger charge is 2.34. The van der Waals surface area contributed by atoms with Crippen LogP contribution in [0.25, 0.3) is 0 Å². The SMILES string of the molecule is CN(Cc1ccccc1)C(=O)[C@H](Cc1ccccc1)N(CCC1CCCCO1)OC(=O)OC(C)(C)C. The van der Waals surface area contributed by atoms with Crippen LogP contribution in [-0.4, -0.2) is 60.0 Å². The van der Waals surface area contributed by atoms with E-state index in [1.807, 2.05) is 60.7 Å². The van der Waals surface area contributed by atoms with Gasteiger partial charge in [-0.15, -0.1) is 5.06 Å². The second kappa shape index (κ2) is 13.4. The minimum Gasteiger partial charge on any atom is -0.427 e. The van der Waals surface area contributed by atoms with Gasteiger partial charge in [0.15, 0.2) is 0 Å². The van der Waals surface area contributed by atoms with Gasteiger partial charge in [-0.3, -0.25) is 4.79 Å². The van der Waals surface area contributed by atoms with Crippen LogP contribution in [0.4, 0.5) is 4.79 Å². The third-order valence-electron chi connectivity index (χ3n) is 6.07. The summed E-state index contributed by atoms with van der Waals surface area (Å²) in [5, 5.41) is 1.50. The van der Waals surface area contributed by atoms with Crippen LogP contribution >= 0.6 is 0 Å². The molecule has 7 heteroatoms. The Morgan fingerprint density at radius 2 is 1.64 bits per heavy atom. The number of rotatable bonds is 10. The largest absolute Gasteiger partial charge is 0.528 e. The van der Waals surface area contributed by atoms with E-state index in [1.54, 1.807) is 32.7 Å². The van der Waals surface area contributed by atoms with Crippen LogP contribution in [0.3, 0.4) is 0 Å². The molecule has 2 aromatic carbocycles. The molecule has 1 aliphatic heterocycles. The predicted molar refractivity (Wildman–Crippen MR) is 139 cm³/mol. The zero-order chi connectivity index (χ0) is 26.0. The average Bonchev–Trinajstić information content (AvgIpc) is 2.85. The van der Waals surface area contributed by atoms with Crippen LogP contribution in [0, 0.1) is 0 Å². The molecule has 0 spiro atoms. The van der Waals surface area contributed by atoms with Crippen molar-refractivity contribution < 1.29 is 23.9 Å². The summed E-state index contributed by atoms with van der Waals surface area (Å²) >= 11 is 0. The fourth-order valence-electron chi connectivity index (χ4n) is 4.28. The number of amides is 1. The van der Waals surface area contributed by atoms with Crippen LogP contribution in [0.1, 0.15) is 57.6 Å². The summed E-state index contributed by atoms with van der Waals surface area (Å²) in [6, 6.07) is 18.9. The van der Waals surface area contributed by atoms with Gasteiger partial charge in [-0.2, -0.15) is 0 Å². The van der Waals surface area contributed by atoms with Gasteiger partial charge >= 0.3 is 6.16 Å². The Morgan fingerprint density at radius 1 is 1.00 bits per heavy atom. The summed E-state index contributed by atoms with van der Waals surface area (Å²) < 4.78 is 11.3. The number of hydrogen-bond acceptors (Lipinski definition) is 6. The molecule has 7 nitrogen and oxygen atoms in total. The molecule has 0 radical (unpaired) electrons. The molecule has 196 valence electrons. The molecule has 36 heavy (non-hydrogen) atoms. The molecule has 0 saturated carbocycles. The molecule has 3 rings (SSSR count). The summed E-state index contributed by atoms with van der Waals surface area (Å²) in [4.78, 5) is 34.0. The minimum atomic E-state index is -0.816. The fourth-order valence-corrected chi connectivity index (χ4v) is 4.28. The van der Waals surface area contributed by atoms with Gasteiger partial charge in [0.2, 0.25) is 5.91 Å². The molecule has 1 heterocycles. The second-order valence-corrected chi connectivity index (χ2v) is 10.4. The van der Waals surface area contributed by atoms with Crippen LogP contribution in [0.5, 0.6) is 0 Å². The van der Waals surface area contributed by atoms with Crippen LogP contribution < -0.4 is 0 Å². The first-order chi connectivity index (χ1) is 17.2. The Kier molecular flexibility index (Phi) is 10.3. The highest BCUT2D eigenvalue weighted by molar-refractivity contribution is 5.82. The second-order valence-electron chi connectivity index (χ2n) is 10.4. The van der Waals surface area contributed by atoms with E-state index < -0.39 is 17.8 Å². The number of ether oxygens (including phenoxy) is 2. The summed E-state index contributed by atoms with van der Waals surface area (Å²) in [6.45, 7) is 6.92. The predicted octanol–water partition coefficient (Wildman–Crippen LogP) is 5.38. The first kappa shape index (κ1) is 27.7. The zero-order valence-corrected chi connectivity index (χ0v) is 22.0. The van der Waals surface area contributed by atoms with Crippen molar-refractivity contribution in [1.82, 2.24) is 9.96 Å². The molecule has 0 aliphatic carbocycles. The Hall–Kier alpha value is -2.90. The topological polar surface area (TPSA) is 68.3 Å². The van der Waals surface area contributed by atoms with Crippen molar-refractivity contribution in [1.29, 1.82) is 0 Å². The maximum absolute atomic E-state index is 13.8. The van der Waals surface area contributed by atoms with Gasteiger partial charge in [0, 0.05) is 33.2 Å². The molecule has 1 fully saturated rings. The number of hydrogen-bond donors (Lipinski definition) is 0. The normalized spacial score (nSPS) is 16.9. The monoisotopic (exact) mass is 496 g/mol. The number of carbonyl (C=O) groups is 2. The Balaban J connectivity index is 1.83. The number of nitrogens with zero attached hydrogens (tertiary/aromatic N) is 2. The number of likely N-dealkylation sites (N-methyl/N-ethyl adjacent to an activating group) is 1. The third kappa shape index (κ3) is 9.28. The minimum absolute atomic E-state index is 0.0815. The van der Waals surface area contributed by atoms with Gasteiger partial charge in [-0.05, 0) is 57.6 Å². The third-order valence-corrected chi connectivity index (χ3v) is 6.07. The molecule has 1 aliphatic rings. The molecule has 2 aromatic rings. The smallest absolute Gasteiger partial charge is 0.427 e. The van der Waals surface area contributed by atoms with Crippen molar-refractivity contribution in [3.63, 3.8) is 0 Å². The molecule has 2 atom stereocenters. The summed E-state index contributed by atoms with van der Waals surface area (Å²) in [5.41, 5.74) is 1.30. The molecular weight excluding hydrogens is 456 g/mol. The van der Waals surface area contributed by atoms with E-state index in [2.05, 4.69) is 0 Å². The maximum atomic E-state index is 13.8. The molecular formula is C29H40N2O5. The van der Waals surface area contributed by atoms with E-state index >= 15 is 0 Å². The van der Waals surface area contributed by atoms with E-state index in [9.17, 15) is 9.59 Å². The lowest BCUT2D eigenvalue weighted by molar-refractivity contribution is -0.182. The van der Waals surface area contributed by atoms with Gasteiger partial charge in [0.1, 0.15) is 11.6 Å².